The number of carbonyl (C=O) groups excluding carboxylic acids is 1. The van der Waals surface area contributed by atoms with Gasteiger partial charge in [-0.2, -0.15) is 0 Å². The Morgan fingerprint density at radius 3 is 2.72 bits per heavy atom. The van der Waals surface area contributed by atoms with Crippen LogP contribution in [0.15, 0.2) is 24.3 Å². The first-order valence-corrected chi connectivity index (χ1v) is 7.63. The number of Topliss-reactive ketones (excluding diaryl/α,β-unsaturated/α-hetero) is 1. The van der Waals surface area contributed by atoms with Gasteiger partial charge in [-0.15, -0.1) is 0 Å². The van der Waals surface area contributed by atoms with Gasteiger partial charge in [0.2, 0.25) is 0 Å². The summed E-state index contributed by atoms with van der Waals surface area (Å²) in [5.41, 5.74) is 0.749. The fraction of sp³-hybridized carbons (Fsp3) is 0.533. The first kappa shape index (κ1) is 14.0. The third-order valence-electron chi connectivity index (χ3n) is 3.50. The third-order valence-corrected chi connectivity index (χ3v) is 4.22. The highest BCUT2D eigenvalue weighted by Gasteiger charge is 2.20. The van der Waals surface area contributed by atoms with Crippen molar-refractivity contribution in [2.24, 2.45) is 5.92 Å². The van der Waals surface area contributed by atoms with Crippen molar-refractivity contribution in [3.8, 4) is 0 Å². The molecule has 0 spiro atoms. The summed E-state index contributed by atoms with van der Waals surface area (Å²) in [7, 11) is 0. The minimum absolute atomic E-state index is 0.0876. The number of halogens is 1. The minimum atomic E-state index is 0.0876. The average Bonchev–Trinajstić information content (AvgIpc) is 2.37. The van der Waals surface area contributed by atoms with Crippen LogP contribution < -0.4 is 0 Å². The van der Waals surface area contributed by atoms with E-state index in [1.807, 2.05) is 24.3 Å². The van der Waals surface area contributed by atoms with Crippen molar-refractivity contribution < 1.29 is 9.53 Å². The molecule has 1 aromatic rings. The lowest BCUT2D eigenvalue weighted by molar-refractivity contribution is 0.0182. The Hall–Kier alpha value is -0.420. The molecule has 2 nitrogen and oxygen atoms in total. The number of carbonyl (C=O) groups is 1. The number of hydrogen-bond acceptors (Lipinski definition) is 2. The van der Waals surface area contributed by atoms with Crippen LogP contribution >= 0.6 is 22.6 Å². The summed E-state index contributed by atoms with van der Waals surface area (Å²) in [5.74, 6) is 0.821. The second kappa shape index (κ2) is 6.66. The molecule has 1 saturated carbocycles. The molecule has 0 saturated heterocycles. The molecule has 2 unspecified atom stereocenters. The molecule has 0 amide bonds. The molecular formula is C15H19IO2. The van der Waals surface area contributed by atoms with Crippen LogP contribution in [0.3, 0.4) is 0 Å². The van der Waals surface area contributed by atoms with Gasteiger partial charge >= 0.3 is 0 Å². The highest BCUT2D eigenvalue weighted by molar-refractivity contribution is 14.1. The van der Waals surface area contributed by atoms with Crippen LogP contribution in [0.4, 0.5) is 0 Å². The summed E-state index contributed by atoms with van der Waals surface area (Å²) in [6, 6.07) is 7.65. The molecule has 1 fully saturated rings. The lowest BCUT2D eigenvalue weighted by Crippen LogP contribution is -2.24. The predicted molar refractivity (Wildman–Crippen MR) is 80.9 cm³/mol. The van der Waals surface area contributed by atoms with Gasteiger partial charge in [-0.1, -0.05) is 31.9 Å². The Balaban J connectivity index is 1.82. The van der Waals surface area contributed by atoms with Gasteiger partial charge in [0.05, 0.1) is 6.10 Å². The summed E-state index contributed by atoms with van der Waals surface area (Å²) in [6.07, 6.45) is 5.00. The number of ketones is 1. The lowest BCUT2D eigenvalue weighted by atomic mass is 9.89. The van der Waals surface area contributed by atoms with Crippen molar-refractivity contribution in [2.45, 2.75) is 38.7 Å². The van der Waals surface area contributed by atoms with Crippen molar-refractivity contribution >= 4 is 28.4 Å². The molecule has 1 aliphatic rings. The molecule has 0 aromatic heterocycles. The number of benzene rings is 1. The van der Waals surface area contributed by atoms with E-state index in [1.165, 1.54) is 12.8 Å². The van der Waals surface area contributed by atoms with Crippen LogP contribution in [0.2, 0.25) is 0 Å². The standard InChI is InChI=1S/C15H19IO2/c1-11-3-2-4-14(9-11)18-10-15(17)12-5-7-13(16)8-6-12/h5-8,11,14H,2-4,9-10H2,1H3. The second-order valence-corrected chi connectivity index (χ2v) is 6.38. The fourth-order valence-corrected chi connectivity index (χ4v) is 2.80. The first-order chi connectivity index (χ1) is 8.65. The minimum Gasteiger partial charge on any atom is -0.370 e. The van der Waals surface area contributed by atoms with Crippen molar-refractivity contribution in [3.05, 3.63) is 33.4 Å². The van der Waals surface area contributed by atoms with E-state index in [9.17, 15) is 4.79 Å². The van der Waals surface area contributed by atoms with E-state index in [1.54, 1.807) is 0 Å². The van der Waals surface area contributed by atoms with Gasteiger partial charge in [0.25, 0.3) is 0 Å². The summed E-state index contributed by atoms with van der Waals surface area (Å²) in [6.45, 7) is 2.48. The summed E-state index contributed by atoms with van der Waals surface area (Å²) in [4.78, 5) is 12.0. The zero-order chi connectivity index (χ0) is 13.0. The number of rotatable bonds is 4. The quantitative estimate of drug-likeness (QED) is 0.599. The van der Waals surface area contributed by atoms with E-state index in [2.05, 4.69) is 29.5 Å². The normalized spacial score (nSPS) is 23.9. The van der Waals surface area contributed by atoms with E-state index in [0.29, 0.717) is 0 Å². The smallest absolute Gasteiger partial charge is 0.188 e. The van der Waals surface area contributed by atoms with Crippen molar-refractivity contribution in [1.29, 1.82) is 0 Å². The average molecular weight is 358 g/mol. The molecule has 0 N–H and O–H groups in total. The summed E-state index contributed by atoms with van der Waals surface area (Å²) < 4.78 is 6.89. The maximum Gasteiger partial charge on any atom is 0.188 e. The van der Waals surface area contributed by atoms with Gasteiger partial charge in [-0.3, -0.25) is 4.79 Å². The lowest BCUT2D eigenvalue weighted by Gasteiger charge is -2.26. The highest BCUT2D eigenvalue weighted by atomic mass is 127. The second-order valence-electron chi connectivity index (χ2n) is 5.13. The topological polar surface area (TPSA) is 26.3 Å². The Morgan fingerprint density at radius 2 is 2.06 bits per heavy atom. The Morgan fingerprint density at radius 1 is 1.33 bits per heavy atom. The van der Waals surface area contributed by atoms with Gasteiger partial charge in [0.1, 0.15) is 6.61 Å². The van der Waals surface area contributed by atoms with E-state index in [4.69, 9.17) is 4.74 Å². The Labute approximate surface area is 122 Å². The third kappa shape index (κ3) is 4.05. The fourth-order valence-electron chi connectivity index (χ4n) is 2.44. The highest BCUT2D eigenvalue weighted by Crippen LogP contribution is 2.25. The van der Waals surface area contributed by atoms with Crippen LogP contribution in [-0.2, 0) is 4.74 Å². The van der Waals surface area contributed by atoms with Gasteiger partial charge in [-0.05, 0) is 53.5 Å². The predicted octanol–water partition coefficient (Wildman–Crippen LogP) is 4.07. The molecule has 3 heteroatoms. The molecular weight excluding hydrogens is 339 g/mol. The zero-order valence-electron chi connectivity index (χ0n) is 10.7. The molecule has 18 heavy (non-hydrogen) atoms. The maximum absolute atomic E-state index is 12.0. The number of hydrogen-bond donors (Lipinski definition) is 0. The van der Waals surface area contributed by atoms with Crippen molar-refractivity contribution in [1.82, 2.24) is 0 Å². The molecule has 1 aliphatic carbocycles. The molecule has 2 atom stereocenters. The van der Waals surface area contributed by atoms with Gasteiger partial charge < -0.3 is 4.74 Å². The van der Waals surface area contributed by atoms with Gasteiger partial charge in [0, 0.05) is 9.13 Å². The maximum atomic E-state index is 12.0. The van der Waals surface area contributed by atoms with Gasteiger partial charge in [0.15, 0.2) is 5.78 Å². The van der Waals surface area contributed by atoms with Crippen LogP contribution in [0.25, 0.3) is 0 Å². The monoisotopic (exact) mass is 358 g/mol. The SMILES string of the molecule is CC1CCCC(OCC(=O)c2ccc(I)cc2)C1. The molecule has 98 valence electrons. The number of ether oxygens (including phenoxy) is 1. The molecule has 0 bridgehead atoms. The van der Waals surface area contributed by atoms with Crippen LogP contribution in [0.5, 0.6) is 0 Å². The van der Waals surface area contributed by atoms with E-state index in [0.717, 1.165) is 27.9 Å². The van der Waals surface area contributed by atoms with E-state index >= 15 is 0 Å². The molecule has 0 heterocycles. The van der Waals surface area contributed by atoms with Gasteiger partial charge in [-0.25, -0.2) is 0 Å². The largest absolute Gasteiger partial charge is 0.370 e. The Bertz CT molecular complexity index is 399. The Kier molecular flexibility index (Phi) is 5.18. The van der Waals surface area contributed by atoms with E-state index < -0.39 is 0 Å². The van der Waals surface area contributed by atoms with Crippen LogP contribution in [0, 0.1) is 9.49 Å². The zero-order valence-corrected chi connectivity index (χ0v) is 12.9. The van der Waals surface area contributed by atoms with Crippen LogP contribution in [0.1, 0.15) is 43.0 Å². The molecule has 2 rings (SSSR count). The molecule has 0 aliphatic heterocycles. The van der Waals surface area contributed by atoms with Crippen molar-refractivity contribution in [2.75, 3.05) is 6.61 Å². The van der Waals surface area contributed by atoms with Crippen LogP contribution in [-0.4, -0.2) is 18.5 Å². The first-order valence-electron chi connectivity index (χ1n) is 6.55. The summed E-state index contributed by atoms with van der Waals surface area (Å²) in [5, 5.41) is 0. The molecule has 1 aromatic carbocycles. The summed E-state index contributed by atoms with van der Waals surface area (Å²) >= 11 is 2.24. The molecule has 0 radical (unpaired) electrons. The van der Waals surface area contributed by atoms with Crippen molar-refractivity contribution in [3.63, 3.8) is 0 Å². The van der Waals surface area contributed by atoms with E-state index in [-0.39, 0.29) is 18.5 Å².